The maximum absolute atomic E-state index is 12.1. The summed E-state index contributed by atoms with van der Waals surface area (Å²) in [5.41, 5.74) is 6.76. The fourth-order valence-corrected chi connectivity index (χ4v) is 3.21. The normalized spacial score (nSPS) is 18.4. The average molecular weight is 303 g/mol. The van der Waals surface area contributed by atoms with Gasteiger partial charge in [-0.25, -0.2) is 4.79 Å². The minimum absolute atomic E-state index is 0.350. The molecule has 1 aliphatic heterocycles. The van der Waals surface area contributed by atoms with E-state index >= 15 is 0 Å². The number of hydrogen-bond donors (Lipinski definition) is 3. The number of nitrogens with one attached hydrogen (secondary N) is 2. The van der Waals surface area contributed by atoms with Gasteiger partial charge in [0.25, 0.3) is 0 Å². The lowest BCUT2D eigenvalue weighted by Gasteiger charge is -2.26. The van der Waals surface area contributed by atoms with Crippen LogP contribution >= 0.6 is 0 Å². The largest absolute Gasteiger partial charge is 0.493 e. The molecule has 0 bridgehead atoms. The van der Waals surface area contributed by atoms with E-state index in [0.717, 1.165) is 30.6 Å². The van der Waals surface area contributed by atoms with Crippen LogP contribution < -0.4 is 21.1 Å². The second-order valence-corrected chi connectivity index (χ2v) is 6.00. The number of carbonyl (C=O) groups is 2. The van der Waals surface area contributed by atoms with Crippen LogP contribution in [0.3, 0.4) is 0 Å². The lowest BCUT2D eigenvalue weighted by molar-refractivity contribution is -0.123. The Morgan fingerprint density at radius 3 is 2.77 bits per heavy atom. The Balaban J connectivity index is 1.57. The molecule has 4 N–H and O–H groups in total. The van der Waals surface area contributed by atoms with Crippen LogP contribution in [0, 0.1) is 0 Å². The molecule has 1 fully saturated rings. The van der Waals surface area contributed by atoms with Gasteiger partial charge in [0.15, 0.2) is 0 Å². The standard InChI is InChI=1S/C16H21N3O3/c17-14(20)16(6-1-2-7-16)19-15(21)18-10-11-3-4-13-12(9-11)5-8-22-13/h3-4,9H,1-2,5-8,10H2,(H2,17,20)(H2,18,19,21). The molecule has 2 aliphatic rings. The molecule has 3 rings (SSSR count). The summed E-state index contributed by atoms with van der Waals surface area (Å²) >= 11 is 0. The number of carbonyl (C=O) groups excluding carboxylic acids is 2. The highest BCUT2D eigenvalue weighted by atomic mass is 16.5. The van der Waals surface area contributed by atoms with Crippen molar-refractivity contribution in [2.75, 3.05) is 6.61 Å². The van der Waals surface area contributed by atoms with Gasteiger partial charge in [-0.3, -0.25) is 4.79 Å². The van der Waals surface area contributed by atoms with E-state index in [1.165, 1.54) is 5.56 Å². The number of hydrogen-bond acceptors (Lipinski definition) is 3. The first-order valence-corrected chi connectivity index (χ1v) is 7.70. The van der Waals surface area contributed by atoms with E-state index in [1.807, 2.05) is 18.2 Å². The summed E-state index contributed by atoms with van der Waals surface area (Å²) in [6.45, 7) is 1.13. The molecule has 6 heteroatoms. The van der Waals surface area contributed by atoms with E-state index in [-0.39, 0.29) is 6.03 Å². The van der Waals surface area contributed by atoms with Gasteiger partial charge in [0.1, 0.15) is 11.3 Å². The first kappa shape index (κ1) is 14.7. The van der Waals surface area contributed by atoms with Crippen molar-refractivity contribution in [2.45, 2.75) is 44.2 Å². The first-order valence-electron chi connectivity index (χ1n) is 7.70. The molecule has 0 atom stereocenters. The molecule has 0 spiro atoms. The molecule has 0 saturated heterocycles. The van der Waals surface area contributed by atoms with E-state index in [1.54, 1.807) is 0 Å². The monoisotopic (exact) mass is 303 g/mol. The van der Waals surface area contributed by atoms with Gasteiger partial charge in [0.2, 0.25) is 5.91 Å². The van der Waals surface area contributed by atoms with Crippen molar-refractivity contribution in [1.82, 2.24) is 10.6 Å². The van der Waals surface area contributed by atoms with Crippen LogP contribution in [0.1, 0.15) is 36.8 Å². The highest BCUT2D eigenvalue weighted by Crippen LogP contribution is 2.29. The predicted molar refractivity (Wildman–Crippen MR) is 81.4 cm³/mol. The van der Waals surface area contributed by atoms with Crippen molar-refractivity contribution in [3.8, 4) is 5.75 Å². The summed E-state index contributed by atoms with van der Waals surface area (Å²) in [5.74, 6) is 0.474. The second kappa shape index (κ2) is 5.87. The van der Waals surface area contributed by atoms with Crippen molar-refractivity contribution >= 4 is 11.9 Å². The number of fused-ring (bicyclic) bond motifs is 1. The van der Waals surface area contributed by atoms with E-state index < -0.39 is 11.4 Å². The van der Waals surface area contributed by atoms with Gasteiger partial charge in [0, 0.05) is 13.0 Å². The van der Waals surface area contributed by atoms with Gasteiger partial charge in [0.05, 0.1) is 6.61 Å². The molecular weight excluding hydrogens is 282 g/mol. The Morgan fingerprint density at radius 2 is 2.05 bits per heavy atom. The number of rotatable bonds is 4. The van der Waals surface area contributed by atoms with Crippen molar-refractivity contribution in [2.24, 2.45) is 5.73 Å². The number of amides is 3. The highest BCUT2D eigenvalue weighted by Gasteiger charge is 2.40. The maximum atomic E-state index is 12.1. The molecule has 3 amide bonds. The molecule has 1 heterocycles. The summed E-state index contributed by atoms with van der Waals surface area (Å²) in [7, 11) is 0. The van der Waals surface area contributed by atoms with Crippen LogP contribution in [0.5, 0.6) is 5.75 Å². The van der Waals surface area contributed by atoms with Crippen LogP contribution in [0.4, 0.5) is 4.79 Å². The SMILES string of the molecule is NC(=O)C1(NC(=O)NCc2ccc3c(c2)CCO3)CCCC1. The summed E-state index contributed by atoms with van der Waals surface area (Å²) in [6.07, 6.45) is 3.96. The maximum Gasteiger partial charge on any atom is 0.315 e. The molecule has 0 radical (unpaired) electrons. The highest BCUT2D eigenvalue weighted by molar-refractivity contribution is 5.90. The number of urea groups is 1. The fourth-order valence-electron chi connectivity index (χ4n) is 3.21. The van der Waals surface area contributed by atoms with Gasteiger partial charge < -0.3 is 21.1 Å². The van der Waals surface area contributed by atoms with Crippen LogP contribution in [-0.4, -0.2) is 24.1 Å². The Morgan fingerprint density at radius 1 is 1.27 bits per heavy atom. The van der Waals surface area contributed by atoms with Gasteiger partial charge in [-0.2, -0.15) is 0 Å². The van der Waals surface area contributed by atoms with Gasteiger partial charge >= 0.3 is 6.03 Å². The van der Waals surface area contributed by atoms with Gasteiger partial charge in [-0.1, -0.05) is 25.0 Å². The number of primary amides is 1. The van der Waals surface area contributed by atoms with Crippen LogP contribution in [-0.2, 0) is 17.8 Å². The molecule has 22 heavy (non-hydrogen) atoms. The summed E-state index contributed by atoms with van der Waals surface area (Å²) in [5, 5.41) is 5.56. The van der Waals surface area contributed by atoms with Crippen molar-refractivity contribution < 1.29 is 14.3 Å². The van der Waals surface area contributed by atoms with E-state index in [4.69, 9.17) is 10.5 Å². The van der Waals surface area contributed by atoms with Crippen molar-refractivity contribution in [3.63, 3.8) is 0 Å². The van der Waals surface area contributed by atoms with Crippen LogP contribution in [0.2, 0.25) is 0 Å². The summed E-state index contributed by atoms with van der Waals surface area (Å²) in [4.78, 5) is 23.7. The third-order valence-corrected chi connectivity index (χ3v) is 4.49. The zero-order chi connectivity index (χ0) is 15.6. The Labute approximate surface area is 129 Å². The third kappa shape index (κ3) is 2.86. The minimum Gasteiger partial charge on any atom is -0.493 e. The molecule has 0 aromatic heterocycles. The fraction of sp³-hybridized carbons (Fsp3) is 0.500. The Bertz CT molecular complexity index is 594. The topological polar surface area (TPSA) is 93.5 Å². The van der Waals surface area contributed by atoms with Crippen molar-refractivity contribution in [3.05, 3.63) is 29.3 Å². The van der Waals surface area contributed by atoms with Crippen molar-refractivity contribution in [1.29, 1.82) is 0 Å². The predicted octanol–water partition coefficient (Wildman–Crippen LogP) is 1.22. The molecule has 1 aromatic carbocycles. The molecule has 118 valence electrons. The number of benzene rings is 1. The molecule has 1 aliphatic carbocycles. The molecule has 1 aromatic rings. The third-order valence-electron chi connectivity index (χ3n) is 4.49. The van der Waals surface area contributed by atoms with Crippen LogP contribution in [0.25, 0.3) is 0 Å². The molecule has 6 nitrogen and oxygen atoms in total. The Hall–Kier alpha value is -2.24. The lowest BCUT2D eigenvalue weighted by Crippen LogP contribution is -2.57. The Kier molecular flexibility index (Phi) is 3.92. The average Bonchev–Trinajstić information content (AvgIpc) is 3.14. The van der Waals surface area contributed by atoms with E-state index in [2.05, 4.69) is 10.6 Å². The van der Waals surface area contributed by atoms with E-state index in [9.17, 15) is 9.59 Å². The van der Waals surface area contributed by atoms with Crippen LogP contribution in [0.15, 0.2) is 18.2 Å². The van der Waals surface area contributed by atoms with Gasteiger partial charge in [-0.15, -0.1) is 0 Å². The number of nitrogens with two attached hydrogens (primary N) is 1. The zero-order valence-corrected chi connectivity index (χ0v) is 12.5. The zero-order valence-electron chi connectivity index (χ0n) is 12.5. The molecule has 0 unspecified atom stereocenters. The minimum atomic E-state index is -0.879. The lowest BCUT2D eigenvalue weighted by atomic mass is 9.97. The number of ether oxygens (including phenoxy) is 1. The first-order chi connectivity index (χ1) is 10.6. The second-order valence-electron chi connectivity index (χ2n) is 6.00. The molecular formula is C16H21N3O3. The van der Waals surface area contributed by atoms with Gasteiger partial charge in [-0.05, 0) is 30.0 Å². The summed E-state index contributed by atoms with van der Waals surface area (Å²) < 4.78 is 5.46. The smallest absolute Gasteiger partial charge is 0.315 e. The quantitative estimate of drug-likeness (QED) is 0.780. The molecule has 1 saturated carbocycles. The summed E-state index contributed by atoms with van der Waals surface area (Å²) in [6, 6.07) is 5.56. The van der Waals surface area contributed by atoms with E-state index in [0.29, 0.717) is 26.0 Å².